The molecule has 3 rings (SSSR count). The van der Waals surface area contributed by atoms with Gasteiger partial charge in [0.25, 0.3) is 0 Å². The molecular formula is C16H28O. The Bertz CT molecular complexity index is 284. The highest BCUT2D eigenvalue weighted by atomic mass is 16.1. The zero-order chi connectivity index (χ0) is 13.6. The number of hydrogen-bond acceptors (Lipinski definition) is 1. The lowest BCUT2D eigenvalue weighted by atomic mass is 9.47. The Hall–Kier alpha value is -0.850. The molecule has 1 unspecified atom stereocenters. The van der Waals surface area contributed by atoms with Gasteiger partial charge in [-0.05, 0) is 49.0 Å². The first-order valence-electron chi connectivity index (χ1n) is 6.68. The molecule has 0 aliphatic heterocycles. The van der Waals surface area contributed by atoms with E-state index in [0.717, 1.165) is 18.1 Å². The van der Waals surface area contributed by atoms with Crippen LogP contribution in [0.5, 0.6) is 0 Å². The predicted octanol–water partition coefficient (Wildman–Crippen LogP) is 4.79. The summed E-state index contributed by atoms with van der Waals surface area (Å²) in [5.41, 5.74) is 2.70. The Morgan fingerprint density at radius 3 is 2.06 bits per heavy atom. The molecule has 2 atom stereocenters. The van der Waals surface area contributed by atoms with E-state index in [1.54, 1.807) is 6.92 Å². The lowest BCUT2D eigenvalue weighted by Crippen LogP contribution is -2.48. The molecule has 0 N–H and O–H groups in total. The van der Waals surface area contributed by atoms with Crippen molar-refractivity contribution >= 4 is 6.29 Å². The molecule has 2 bridgehead atoms. The van der Waals surface area contributed by atoms with E-state index < -0.39 is 0 Å². The van der Waals surface area contributed by atoms with E-state index >= 15 is 0 Å². The maximum absolute atomic E-state index is 9.41. The van der Waals surface area contributed by atoms with E-state index in [1.807, 2.05) is 13.8 Å². The van der Waals surface area contributed by atoms with Crippen molar-refractivity contribution in [2.45, 2.75) is 53.9 Å². The Balaban J connectivity index is 0.000000315. The van der Waals surface area contributed by atoms with Crippen LogP contribution in [0.4, 0.5) is 0 Å². The van der Waals surface area contributed by atoms with Crippen molar-refractivity contribution in [3.8, 4) is 0 Å². The highest BCUT2D eigenvalue weighted by molar-refractivity contribution is 5.70. The largest absolute Gasteiger partial charge is 0.298 e. The number of carbonyl (C=O) groups is 1. The molecule has 0 radical (unpaired) electrons. The summed E-state index contributed by atoms with van der Waals surface area (Å²) in [6.45, 7) is 17.9. The third kappa shape index (κ3) is 3.83. The van der Waals surface area contributed by atoms with Gasteiger partial charge >= 0.3 is 0 Å². The van der Waals surface area contributed by atoms with E-state index in [4.69, 9.17) is 0 Å². The SMILES string of the molecule is C=C(C)C=O.C=C1CC[C@H]2CC1C2(C)C.CC. The van der Waals surface area contributed by atoms with Crippen LogP contribution in [0.1, 0.15) is 53.9 Å². The maximum atomic E-state index is 9.41. The summed E-state index contributed by atoms with van der Waals surface area (Å²) in [7, 11) is 0. The van der Waals surface area contributed by atoms with Gasteiger partial charge in [0.05, 0.1) is 0 Å². The van der Waals surface area contributed by atoms with Crippen LogP contribution in [0.25, 0.3) is 0 Å². The fourth-order valence-electron chi connectivity index (χ4n) is 2.73. The van der Waals surface area contributed by atoms with Crippen LogP contribution in [0, 0.1) is 17.3 Å². The third-order valence-electron chi connectivity index (χ3n) is 3.98. The average molecular weight is 236 g/mol. The lowest BCUT2D eigenvalue weighted by Gasteiger charge is -2.57. The maximum Gasteiger partial charge on any atom is 0.145 e. The van der Waals surface area contributed by atoms with Crippen LogP contribution < -0.4 is 0 Å². The van der Waals surface area contributed by atoms with Crippen LogP contribution in [-0.2, 0) is 4.79 Å². The Morgan fingerprint density at radius 1 is 1.41 bits per heavy atom. The van der Waals surface area contributed by atoms with Crippen molar-refractivity contribution in [1.29, 1.82) is 0 Å². The summed E-state index contributed by atoms with van der Waals surface area (Å²) in [4.78, 5) is 9.41. The van der Waals surface area contributed by atoms with Crippen molar-refractivity contribution in [1.82, 2.24) is 0 Å². The molecule has 0 amide bonds. The van der Waals surface area contributed by atoms with E-state index in [-0.39, 0.29) is 0 Å². The van der Waals surface area contributed by atoms with E-state index in [2.05, 4.69) is 27.0 Å². The number of hydrogen-bond donors (Lipinski definition) is 0. The van der Waals surface area contributed by atoms with E-state index in [9.17, 15) is 4.79 Å². The summed E-state index contributed by atoms with van der Waals surface area (Å²) in [5.74, 6) is 1.88. The minimum absolute atomic E-state index is 0.574. The van der Waals surface area contributed by atoms with Gasteiger partial charge in [0.1, 0.15) is 6.29 Å². The number of aldehydes is 1. The third-order valence-corrected chi connectivity index (χ3v) is 3.98. The van der Waals surface area contributed by atoms with E-state index in [0.29, 0.717) is 11.0 Å². The van der Waals surface area contributed by atoms with Crippen LogP contribution in [0.3, 0.4) is 0 Å². The van der Waals surface area contributed by atoms with Crippen LogP contribution in [-0.4, -0.2) is 6.29 Å². The Kier molecular flexibility index (Phi) is 6.44. The second-order valence-corrected chi connectivity index (χ2v) is 5.47. The zero-order valence-electron chi connectivity index (χ0n) is 12.2. The summed E-state index contributed by atoms with van der Waals surface area (Å²) < 4.78 is 0. The Morgan fingerprint density at radius 2 is 1.88 bits per heavy atom. The minimum Gasteiger partial charge on any atom is -0.298 e. The molecular weight excluding hydrogens is 208 g/mol. The summed E-state index contributed by atoms with van der Waals surface area (Å²) in [6.07, 6.45) is 4.87. The summed E-state index contributed by atoms with van der Waals surface area (Å²) in [5, 5.41) is 0. The molecule has 3 fully saturated rings. The average Bonchev–Trinajstić information content (AvgIpc) is 2.32. The molecule has 0 aromatic heterocycles. The number of allylic oxidation sites excluding steroid dienone is 2. The lowest BCUT2D eigenvalue weighted by molar-refractivity contribution is -0.104. The predicted molar refractivity (Wildman–Crippen MR) is 76.0 cm³/mol. The van der Waals surface area contributed by atoms with Crippen LogP contribution in [0.2, 0.25) is 0 Å². The number of carbonyl (C=O) groups excluding carboxylic acids is 1. The van der Waals surface area contributed by atoms with Gasteiger partial charge in [0.15, 0.2) is 0 Å². The zero-order valence-corrected chi connectivity index (χ0v) is 12.2. The van der Waals surface area contributed by atoms with Crippen molar-refractivity contribution in [3.05, 3.63) is 24.3 Å². The normalized spacial score (nSPS) is 27.5. The Labute approximate surface area is 107 Å². The molecule has 3 aliphatic carbocycles. The van der Waals surface area contributed by atoms with Gasteiger partial charge in [0.2, 0.25) is 0 Å². The molecule has 3 aliphatic rings. The molecule has 0 saturated heterocycles. The minimum atomic E-state index is 0.574. The summed E-state index contributed by atoms with van der Waals surface area (Å²) >= 11 is 0. The highest BCUT2D eigenvalue weighted by Gasteiger charge is 2.51. The topological polar surface area (TPSA) is 17.1 Å². The number of fused-ring (bicyclic) bond motifs is 2. The molecule has 1 heteroatoms. The van der Waals surface area contributed by atoms with Crippen molar-refractivity contribution < 1.29 is 4.79 Å². The van der Waals surface area contributed by atoms with Gasteiger partial charge in [-0.2, -0.15) is 0 Å². The van der Waals surface area contributed by atoms with Gasteiger partial charge < -0.3 is 0 Å². The number of rotatable bonds is 1. The molecule has 1 nitrogen and oxygen atoms in total. The molecule has 0 heterocycles. The molecule has 98 valence electrons. The van der Waals surface area contributed by atoms with Crippen LogP contribution >= 0.6 is 0 Å². The first-order valence-corrected chi connectivity index (χ1v) is 6.68. The molecule has 0 aromatic carbocycles. The van der Waals surface area contributed by atoms with Gasteiger partial charge in [-0.1, -0.05) is 46.4 Å². The fraction of sp³-hybridized carbons (Fsp3) is 0.688. The van der Waals surface area contributed by atoms with Crippen LogP contribution in [0.15, 0.2) is 24.3 Å². The van der Waals surface area contributed by atoms with Gasteiger partial charge in [-0.3, -0.25) is 4.79 Å². The molecule has 0 aromatic rings. The molecule has 0 spiro atoms. The van der Waals surface area contributed by atoms with Crippen molar-refractivity contribution in [3.63, 3.8) is 0 Å². The monoisotopic (exact) mass is 236 g/mol. The smallest absolute Gasteiger partial charge is 0.145 e. The first kappa shape index (κ1) is 16.1. The fourth-order valence-corrected chi connectivity index (χ4v) is 2.73. The second-order valence-electron chi connectivity index (χ2n) is 5.47. The quantitative estimate of drug-likeness (QED) is 0.363. The van der Waals surface area contributed by atoms with E-state index in [1.165, 1.54) is 24.8 Å². The van der Waals surface area contributed by atoms with Gasteiger partial charge in [-0.15, -0.1) is 0 Å². The highest BCUT2D eigenvalue weighted by Crippen LogP contribution is 2.60. The second kappa shape index (κ2) is 6.78. The van der Waals surface area contributed by atoms with Gasteiger partial charge in [-0.25, -0.2) is 0 Å². The summed E-state index contributed by atoms with van der Waals surface area (Å²) in [6, 6.07) is 0. The van der Waals surface area contributed by atoms with Gasteiger partial charge in [0, 0.05) is 0 Å². The standard InChI is InChI=1S/C10H16.C4H6O.C2H6/c1-7-4-5-8-6-9(7)10(8,2)3;1-4(2)3-5;1-2/h8-9H,1,4-6H2,2-3H3;3H,1H2,2H3;1-2H3/t8-,9?;;/m0../s1. The van der Waals surface area contributed by atoms with Crippen molar-refractivity contribution in [2.24, 2.45) is 17.3 Å². The molecule has 17 heavy (non-hydrogen) atoms. The first-order chi connectivity index (χ1) is 7.89. The molecule has 3 saturated carbocycles. The van der Waals surface area contributed by atoms with Crippen molar-refractivity contribution in [2.75, 3.05) is 0 Å².